The number of nitrogens with zero attached hydrogens (tertiary/aromatic N) is 4. The SMILES string of the molecule is CC(=O)N[C@H](Cc1ccc2ccccc2c1)C(=O)N[C@H](Cc1ccc(Cl)cc1)C(=O)N[C@H](Cc1cccnc1)C(=O)N[C@@H](CO)C(=O)N(C)[C@@H](Cc1ccc(O)cc1)C(=O)N[C@H](CCCCNC(=O)c1cccnc1)C(=O)N[C@@H](CC(C)C)C(=O)NCCc1cccn1C. The lowest BCUT2D eigenvalue weighted by Gasteiger charge is -2.32. The molecule has 0 aliphatic rings. The molecule has 7 rings (SSSR count). The van der Waals surface area contributed by atoms with Crippen LogP contribution in [0.2, 0.25) is 5.02 Å². The van der Waals surface area contributed by atoms with Crippen molar-refractivity contribution in [3.8, 4) is 5.75 Å². The zero-order chi connectivity index (χ0) is 67.7. The van der Waals surface area contributed by atoms with Crippen molar-refractivity contribution in [2.24, 2.45) is 13.0 Å². The predicted octanol–water partition coefficient (Wildman–Crippen LogP) is 4.35. The quantitative estimate of drug-likeness (QED) is 0.0251. The number of aliphatic hydroxyl groups excluding tert-OH is 1. The summed E-state index contributed by atoms with van der Waals surface area (Å²) in [6.45, 7) is 4.55. The van der Waals surface area contributed by atoms with Crippen LogP contribution in [0.15, 0.2) is 158 Å². The standard InChI is InChI=1S/C70H83ClN12O11/c1-44(2)35-57(64(88)75-33-29-54-17-12-34-82(54)4)78-65(89)56(18-8-9-32-74-63(87)52-16-11-31-73-42-52)77-69(93)62(40-47-22-27-55(86)28-23-47)83(5)70(94)61(43-84)81-68(92)60(39-49-13-10-30-72-41-49)80-67(91)59(37-46-20-25-53(71)26-21-46)79-66(90)58(76-45(3)85)38-48-19-24-50-14-6-7-15-51(50)36-48/h6-7,10-17,19-28,30-31,34,36,41-42,44,56-62,84,86H,8-9,18,29,32-33,35,37-40,43H2,1-5H3,(H,74,87)(H,75,88)(H,76,85)(H,77,93)(H,78,89)(H,79,90)(H,80,91)(H,81,92)/t56-,57+,58-,59-,60-,61+,62+/m1/s1. The number of unbranched alkanes of at least 4 members (excludes halogenated alkanes) is 1. The molecule has 24 heteroatoms. The number of phenolic OH excluding ortho intramolecular Hbond substituents is 1. The Kier molecular flexibility index (Phi) is 27.1. The molecule has 4 aromatic carbocycles. The summed E-state index contributed by atoms with van der Waals surface area (Å²) in [7, 11) is 3.18. The second kappa shape index (κ2) is 35.7. The van der Waals surface area contributed by atoms with Gasteiger partial charge in [0.25, 0.3) is 5.91 Å². The van der Waals surface area contributed by atoms with Gasteiger partial charge in [-0.3, -0.25) is 53.1 Å². The molecule has 9 amide bonds. The molecule has 496 valence electrons. The van der Waals surface area contributed by atoms with Crippen molar-refractivity contribution >= 4 is 75.5 Å². The smallest absolute Gasteiger partial charge is 0.252 e. The van der Waals surface area contributed by atoms with Crippen molar-refractivity contribution in [1.82, 2.24) is 62.0 Å². The molecule has 23 nitrogen and oxygen atoms in total. The summed E-state index contributed by atoms with van der Waals surface area (Å²) in [5.74, 6) is -6.39. The van der Waals surface area contributed by atoms with Gasteiger partial charge in [-0.05, 0) is 119 Å². The highest BCUT2D eigenvalue weighted by molar-refractivity contribution is 6.30. The second-order valence-corrected chi connectivity index (χ2v) is 24.1. The number of aliphatic hydroxyl groups is 1. The van der Waals surface area contributed by atoms with E-state index in [1.807, 2.05) is 86.3 Å². The zero-order valence-electron chi connectivity index (χ0n) is 53.4. The van der Waals surface area contributed by atoms with Gasteiger partial charge in [-0.25, -0.2) is 0 Å². The first-order valence-corrected chi connectivity index (χ1v) is 31.6. The number of aryl methyl sites for hydroxylation is 1. The molecule has 0 bridgehead atoms. The van der Waals surface area contributed by atoms with Gasteiger partial charge in [-0.2, -0.15) is 0 Å². The average Bonchev–Trinajstić information content (AvgIpc) is 0.961. The van der Waals surface area contributed by atoms with Crippen LogP contribution in [0.4, 0.5) is 0 Å². The minimum atomic E-state index is -1.75. The second-order valence-electron chi connectivity index (χ2n) is 23.6. The molecule has 3 heterocycles. The van der Waals surface area contributed by atoms with Crippen LogP contribution >= 0.6 is 11.6 Å². The van der Waals surface area contributed by atoms with E-state index in [0.29, 0.717) is 40.1 Å². The third kappa shape index (κ3) is 22.1. The van der Waals surface area contributed by atoms with Crippen LogP contribution in [0.1, 0.15) is 84.8 Å². The van der Waals surface area contributed by atoms with Gasteiger partial charge in [-0.1, -0.05) is 98.2 Å². The highest BCUT2D eigenvalue weighted by Gasteiger charge is 2.37. The number of phenols is 1. The number of aromatic nitrogens is 3. The molecule has 94 heavy (non-hydrogen) atoms. The minimum absolute atomic E-state index is 0.0121. The zero-order valence-corrected chi connectivity index (χ0v) is 54.1. The molecule has 7 aromatic rings. The highest BCUT2D eigenvalue weighted by Crippen LogP contribution is 2.20. The number of hydrogen-bond donors (Lipinski definition) is 10. The number of rotatable bonds is 34. The molecule has 0 unspecified atom stereocenters. The van der Waals surface area contributed by atoms with Gasteiger partial charge in [0.05, 0.1) is 12.2 Å². The summed E-state index contributed by atoms with van der Waals surface area (Å²) in [6.07, 6.45) is 8.82. The normalized spacial score (nSPS) is 13.4. The first-order chi connectivity index (χ1) is 45.1. The van der Waals surface area contributed by atoms with Crippen LogP contribution in [-0.4, -0.2) is 152 Å². The van der Waals surface area contributed by atoms with Gasteiger partial charge < -0.3 is 62.2 Å². The average molecular weight is 1300 g/mol. The maximum absolute atomic E-state index is 15.0. The number of fused-ring (bicyclic) bond motifs is 1. The molecule has 0 saturated heterocycles. The van der Waals surface area contributed by atoms with E-state index >= 15 is 4.79 Å². The Balaban J connectivity index is 1.12. The number of hydrogen-bond acceptors (Lipinski definition) is 13. The lowest BCUT2D eigenvalue weighted by Crippen LogP contribution is -2.61. The van der Waals surface area contributed by atoms with Gasteiger partial charge >= 0.3 is 0 Å². The Morgan fingerprint density at radius 2 is 1.13 bits per heavy atom. The molecule has 3 aromatic heterocycles. The van der Waals surface area contributed by atoms with E-state index in [0.717, 1.165) is 26.9 Å². The summed E-state index contributed by atoms with van der Waals surface area (Å²) in [5.41, 5.74) is 3.58. The molecule has 10 N–H and O–H groups in total. The van der Waals surface area contributed by atoms with Crippen LogP contribution in [0.25, 0.3) is 10.8 Å². The Morgan fingerprint density at radius 3 is 1.74 bits per heavy atom. The number of aromatic hydroxyl groups is 1. The summed E-state index contributed by atoms with van der Waals surface area (Å²) < 4.78 is 1.94. The highest BCUT2D eigenvalue weighted by atomic mass is 35.5. The van der Waals surface area contributed by atoms with E-state index in [1.165, 1.54) is 56.8 Å². The third-order valence-electron chi connectivity index (χ3n) is 15.8. The third-order valence-corrected chi connectivity index (χ3v) is 16.1. The van der Waals surface area contributed by atoms with Gasteiger partial charge in [0.1, 0.15) is 48.0 Å². The van der Waals surface area contributed by atoms with Crippen molar-refractivity contribution < 1.29 is 53.4 Å². The first kappa shape index (κ1) is 71.4. The molecule has 0 spiro atoms. The van der Waals surface area contributed by atoms with Gasteiger partial charge in [0.15, 0.2) is 0 Å². The fourth-order valence-electron chi connectivity index (χ4n) is 10.7. The van der Waals surface area contributed by atoms with Crippen molar-refractivity contribution in [1.29, 1.82) is 0 Å². The van der Waals surface area contributed by atoms with Crippen LogP contribution in [0, 0.1) is 5.92 Å². The number of pyridine rings is 2. The van der Waals surface area contributed by atoms with Crippen LogP contribution in [-0.2, 0) is 77.5 Å². The van der Waals surface area contributed by atoms with Crippen molar-refractivity contribution in [2.45, 2.75) is 121 Å². The van der Waals surface area contributed by atoms with Crippen molar-refractivity contribution in [3.63, 3.8) is 0 Å². The van der Waals surface area contributed by atoms with E-state index in [2.05, 4.69) is 52.5 Å². The predicted molar refractivity (Wildman–Crippen MR) is 355 cm³/mol. The van der Waals surface area contributed by atoms with Gasteiger partial charge in [0, 0.05) is 108 Å². The van der Waals surface area contributed by atoms with Crippen molar-refractivity contribution in [3.05, 3.63) is 197 Å². The molecule has 0 fully saturated rings. The number of carbonyl (C=O) groups excluding carboxylic acids is 9. The molecular weight excluding hydrogens is 1220 g/mol. The summed E-state index contributed by atoms with van der Waals surface area (Å²) in [5, 5.41) is 45.9. The Morgan fingerprint density at radius 1 is 0.553 bits per heavy atom. The molecule has 0 radical (unpaired) electrons. The minimum Gasteiger partial charge on any atom is -0.508 e. The number of amides is 9. The van der Waals surface area contributed by atoms with E-state index in [1.54, 1.807) is 54.7 Å². The van der Waals surface area contributed by atoms with Crippen LogP contribution in [0.5, 0.6) is 5.75 Å². The summed E-state index contributed by atoms with van der Waals surface area (Å²) in [6, 6.07) is 26.5. The largest absolute Gasteiger partial charge is 0.508 e. The number of carbonyl (C=O) groups is 9. The van der Waals surface area contributed by atoms with Gasteiger partial charge in [-0.15, -0.1) is 0 Å². The van der Waals surface area contributed by atoms with E-state index in [4.69, 9.17) is 11.6 Å². The van der Waals surface area contributed by atoms with E-state index in [9.17, 15) is 48.6 Å². The Hall–Kier alpha value is -10.0. The number of benzene rings is 4. The first-order valence-electron chi connectivity index (χ1n) is 31.3. The fraction of sp³-hybridized carbons (Fsp3) is 0.357. The Bertz CT molecular complexity index is 3690. The number of nitrogens with one attached hydrogen (secondary N) is 8. The molecular formula is C70H83ClN12O11. The molecule has 0 aliphatic carbocycles. The topological polar surface area (TPSA) is 324 Å². The van der Waals surface area contributed by atoms with Crippen LogP contribution in [0.3, 0.4) is 0 Å². The van der Waals surface area contributed by atoms with Crippen molar-refractivity contribution in [2.75, 3.05) is 26.7 Å². The van der Waals surface area contributed by atoms with Gasteiger partial charge in [0.2, 0.25) is 47.3 Å². The lowest BCUT2D eigenvalue weighted by molar-refractivity contribution is -0.144. The monoisotopic (exact) mass is 1300 g/mol. The number of likely N-dealkylation sites (N-methyl/N-ethyl adjacent to an activating group) is 1. The van der Waals surface area contributed by atoms with E-state index < -0.39 is 96.2 Å². The summed E-state index contributed by atoms with van der Waals surface area (Å²) in [4.78, 5) is 137. The molecule has 0 aliphatic heterocycles. The van der Waals surface area contributed by atoms with Crippen LogP contribution < -0.4 is 42.5 Å². The fourth-order valence-corrected chi connectivity index (χ4v) is 10.9. The molecule has 0 saturated carbocycles. The maximum atomic E-state index is 15.0. The Labute approximate surface area is 551 Å². The molecule has 7 atom stereocenters. The summed E-state index contributed by atoms with van der Waals surface area (Å²) >= 11 is 6.24. The lowest BCUT2D eigenvalue weighted by atomic mass is 9.99. The van der Waals surface area contributed by atoms with E-state index in [-0.39, 0.29) is 75.6 Å². The number of halogens is 1. The maximum Gasteiger partial charge on any atom is 0.252 e.